The van der Waals surface area contributed by atoms with Crippen molar-refractivity contribution >= 4 is 21.8 Å². The second-order valence-electron chi connectivity index (χ2n) is 3.43. The molecule has 1 aromatic carbocycles. The van der Waals surface area contributed by atoms with E-state index in [1.165, 1.54) is 12.1 Å². The van der Waals surface area contributed by atoms with Gasteiger partial charge in [0.15, 0.2) is 0 Å². The fourth-order valence-electron chi connectivity index (χ4n) is 1.34. The highest BCUT2D eigenvalue weighted by Gasteiger charge is 2.06. The van der Waals surface area contributed by atoms with Crippen LogP contribution in [0, 0.1) is 5.82 Å². The molecule has 2 nitrogen and oxygen atoms in total. The van der Waals surface area contributed by atoms with Gasteiger partial charge < -0.3 is 5.32 Å². The molecule has 1 rings (SSSR count). The van der Waals surface area contributed by atoms with Crippen molar-refractivity contribution in [3.8, 4) is 0 Å². The Hall–Kier alpha value is -0.900. The minimum absolute atomic E-state index is 0.0374. The van der Waals surface area contributed by atoms with Gasteiger partial charge in [0.25, 0.3) is 0 Å². The molecule has 0 bridgehead atoms. The Labute approximate surface area is 97.0 Å². The van der Waals surface area contributed by atoms with Crippen LogP contribution in [0.1, 0.15) is 12.5 Å². The van der Waals surface area contributed by atoms with Crippen LogP contribution in [0.3, 0.4) is 0 Å². The van der Waals surface area contributed by atoms with Gasteiger partial charge >= 0.3 is 0 Å². The average molecular weight is 274 g/mol. The Kier molecular flexibility index (Phi) is 4.75. The fourth-order valence-corrected chi connectivity index (χ4v) is 1.50. The number of hydrogen-bond acceptors (Lipinski definition) is 1. The molecule has 0 aliphatic heterocycles. The van der Waals surface area contributed by atoms with Gasteiger partial charge in [0.2, 0.25) is 5.91 Å². The van der Waals surface area contributed by atoms with Crippen LogP contribution in [0.2, 0.25) is 0 Å². The maximum atomic E-state index is 12.6. The lowest BCUT2D eigenvalue weighted by molar-refractivity contribution is -0.119. The molecule has 15 heavy (non-hydrogen) atoms. The van der Waals surface area contributed by atoms with Crippen LogP contribution in [0.25, 0.3) is 0 Å². The van der Waals surface area contributed by atoms with Crippen LogP contribution in [-0.4, -0.2) is 17.3 Å². The Morgan fingerprint density at radius 2 is 2.07 bits per heavy atom. The van der Waals surface area contributed by atoms with E-state index in [2.05, 4.69) is 21.2 Å². The first-order valence-corrected chi connectivity index (χ1v) is 5.83. The predicted molar refractivity (Wildman–Crippen MR) is 61.5 cm³/mol. The summed E-state index contributed by atoms with van der Waals surface area (Å²) in [5.41, 5.74) is 1.01. The lowest BCUT2D eigenvalue weighted by Crippen LogP contribution is -2.34. The normalized spacial score (nSPS) is 12.2. The van der Waals surface area contributed by atoms with E-state index in [1.54, 1.807) is 12.1 Å². The first-order valence-electron chi connectivity index (χ1n) is 4.71. The van der Waals surface area contributed by atoms with Crippen molar-refractivity contribution < 1.29 is 9.18 Å². The summed E-state index contributed by atoms with van der Waals surface area (Å²) in [5, 5.41) is 3.12. The topological polar surface area (TPSA) is 29.1 Å². The Balaban J connectivity index is 2.47. The van der Waals surface area contributed by atoms with E-state index in [1.807, 2.05) is 6.92 Å². The second-order valence-corrected chi connectivity index (χ2v) is 3.99. The van der Waals surface area contributed by atoms with Crippen molar-refractivity contribution in [2.24, 2.45) is 0 Å². The largest absolute Gasteiger partial charge is 0.353 e. The van der Waals surface area contributed by atoms with E-state index in [0.717, 1.165) is 5.56 Å². The Morgan fingerprint density at radius 3 is 2.60 bits per heavy atom. The van der Waals surface area contributed by atoms with Crippen LogP contribution in [0.5, 0.6) is 0 Å². The zero-order chi connectivity index (χ0) is 11.3. The number of rotatable bonds is 4. The molecule has 0 heterocycles. The van der Waals surface area contributed by atoms with E-state index in [4.69, 9.17) is 0 Å². The molecular weight excluding hydrogens is 261 g/mol. The Morgan fingerprint density at radius 1 is 1.47 bits per heavy atom. The van der Waals surface area contributed by atoms with E-state index < -0.39 is 0 Å². The number of halogens is 2. The predicted octanol–water partition coefficient (Wildman–Crippen LogP) is 2.27. The summed E-state index contributed by atoms with van der Waals surface area (Å²) >= 11 is 3.08. The second kappa shape index (κ2) is 5.85. The molecule has 1 atom stereocenters. The minimum atomic E-state index is -0.240. The highest BCUT2D eigenvalue weighted by atomic mass is 79.9. The third-order valence-corrected chi connectivity index (χ3v) is 2.49. The standard InChI is InChI=1S/C11H13BrFNO/c1-8(14-11(15)7-12)6-9-2-4-10(13)5-3-9/h2-5,8H,6-7H2,1H3,(H,14,15). The van der Waals surface area contributed by atoms with Gasteiger partial charge in [0.05, 0.1) is 5.33 Å². The van der Waals surface area contributed by atoms with Gasteiger partial charge in [-0.25, -0.2) is 4.39 Å². The van der Waals surface area contributed by atoms with E-state index in [0.29, 0.717) is 11.8 Å². The highest BCUT2D eigenvalue weighted by Crippen LogP contribution is 2.05. The molecule has 0 fully saturated rings. The lowest BCUT2D eigenvalue weighted by atomic mass is 10.1. The average Bonchev–Trinajstić information content (AvgIpc) is 2.21. The molecule has 1 N–H and O–H groups in total. The summed E-state index contributed by atoms with van der Waals surface area (Å²) in [7, 11) is 0. The summed E-state index contributed by atoms with van der Waals surface area (Å²) in [5.74, 6) is -0.277. The summed E-state index contributed by atoms with van der Waals surface area (Å²) in [6.45, 7) is 1.92. The van der Waals surface area contributed by atoms with Crippen molar-refractivity contribution in [3.63, 3.8) is 0 Å². The smallest absolute Gasteiger partial charge is 0.230 e. The molecule has 0 aromatic heterocycles. The summed E-state index contributed by atoms with van der Waals surface area (Å²) < 4.78 is 12.6. The van der Waals surface area contributed by atoms with Crippen LogP contribution in [0.4, 0.5) is 4.39 Å². The van der Waals surface area contributed by atoms with Crippen LogP contribution in [-0.2, 0) is 11.2 Å². The molecule has 0 saturated heterocycles. The number of alkyl halides is 1. The van der Waals surface area contributed by atoms with E-state index >= 15 is 0 Å². The molecule has 0 aliphatic carbocycles. The maximum Gasteiger partial charge on any atom is 0.230 e. The third-order valence-electron chi connectivity index (χ3n) is 1.98. The van der Waals surface area contributed by atoms with Gasteiger partial charge in [-0.1, -0.05) is 28.1 Å². The Bertz CT molecular complexity index is 326. The van der Waals surface area contributed by atoms with Gasteiger partial charge in [0.1, 0.15) is 5.82 Å². The van der Waals surface area contributed by atoms with Crippen molar-refractivity contribution in [3.05, 3.63) is 35.6 Å². The lowest BCUT2D eigenvalue weighted by Gasteiger charge is -2.12. The molecule has 1 aromatic rings. The highest BCUT2D eigenvalue weighted by molar-refractivity contribution is 9.09. The van der Waals surface area contributed by atoms with Gasteiger partial charge in [-0.3, -0.25) is 4.79 Å². The van der Waals surface area contributed by atoms with Crippen molar-refractivity contribution in [2.45, 2.75) is 19.4 Å². The molecule has 82 valence electrons. The molecule has 1 amide bonds. The van der Waals surface area contributed by atoms with Gasteiger partial charge in [0, 0.05) is 6.04 Å². The first-order chi connectivity index (χ1) is 7.11. The number of carbonyl (C=O) groups excluding carboxylic acids is 1. The van der Waals surface area contributed by atoms with Crippen LogP contribution < -0.4 is 5.32 Å². The van der Waals surface area contributed by atoms with Gasteiger partial charge in [-0.15, -0.1) is 0 Å². The number of carbonyl (C=O) groups is 1. The van der Waals surface area contributed by atoms with Gasteiger partial charge in [-0.05, 0) is 31.0 Å². The fraction of sp³-hybridized carbons (Fsp3) is 0.364. The number of hydrogen-bond donors (Lipinski definition) is 1. The van der Waals surface area contributed by atoms with Crippen LogP contribution in [0.15, 0.2) is 24.3 Å². The van der Waals surface area contributed by atoms with Crippen molar-refractivity contribution in [1.82, 2.24) is 5.32 Å². The number of nitrogens with one attached hydrogen (secondary N) is 1. The zero-order valence-electron chi connectivity index (χ0n) is 8.47. The quantitative estimate of drug-likeness (QED) is 0.838. The van der Waals surface area contributed by atoms with Crippen molar-refractivity contribution in [1.29, 1.82) is 0 Å². The summed E-state index contributed by atoms with van der Waals surface area (Å²) in [6.07, 6.45) is 0.707. The minimum Gasteiger partial charge on any atom is -0.353 e. The van der Waals surface area contributed by atoms with E-state index in [-0.39, 0.29) is 17.8 Å². The molecule has 4 heteroatoms. The molecular formula is C11H13BrFNO. The summed E-state index contributed by atoms with van der Waals surface area (Å²) in [4.78, 5) is 11.0. The number of amides is 1. The SMILES string of the molecule is CC(Cc1ccc(F)cc1)NC(=O)CBr. The first kappa shape index (κ1) is 12.2. The van der Waals surface area contributed by atoms with Crippen LogP contribution >= 0.6 is 15.9 Å². The monoisotopic (exact) mass is 273 g/mol. The van der Waals surface area contributed by atoms with E-state index in [9.17, 15) is 9.18 Å². The van der Waals surface area contributed by atoms with Crippen molar-refractivity contribution in [2.75, 3.05) is 5.33 Å². The zero-order valence-corrected chi connectivity index (χ0v) is 10.1. The molecule has 0 saturated carbocycles. The maximum absolute atomic E-state index is 12.6. The molecule has 0 radical (unpaired) electrons. The molecule has 0 spiro atoms. The summed E-state index contributed by atoms with van der Waals surface area (Å²) in [6, 6.07) is 6.36. The number of benzene rings is 1. The van der Waals surface area contributed by atoms with Gasteiger partial charge in [-0.2, -0.15) is 0 Å². The third kappa shape index (κ3) is 4.42. The molecule has 1 unspecified atom stereocenters. The molecule has 0 aliphatic rings.